The number of aliphatic hydroxyl groups excluding tert-OH is 1. The third-order valence-electron chi connectivity index (χ3n) is 4.11. The number of aliphatic hydroxyl groups is 1. The lowest BCUT2D eigenvalue weighted by Gasteiger charge is -2.03. The number of furan rings is 1. The van der Waals surface area contributed by atoms with Crippen LogP contribution in [0, 0.1) is 11.3 Å². The number of rotatable bonds is 4. The SMILES string of the molecule is N#Cc1ccc2c(c1)c(-c1ccc(CO)o1)nn2Cc1ccccc1. The van der Waals surface area contributed by atoms with Crippen molar-refractivity contribution < 1.29 is 9.52 Å². The zero-order chi connectivity index (χ0) is 17.2. The van der Waals surface area contributed by atoms with Crippen molar-refractivity contribution in [3.8, 4) is 17.5 Å². The van der Waals surface area contributed by atoms with Gasteiger partial charge in [-0.2, -0.15) is 10.4 Å². The molecule has 4 aromatic rings. The van der Waals surface area contributed by atoms with Crippen LogP contribution in [-0.4, -0.2) is 14.9 Å². The van der Waals surface area contributed by atoms with Crippen molar-refractivity contribution in [2.45, 2.75) is 13.2 Å². The minimum atomic E-state index is -0.161. The predicted molar refractivity (Wildman–Crippen MR) is 93.6 cm³/mol. The Hall–Kier alpha value is -3.36. The molecule has 0 radical (unpaired) electrons. The highest BCUT2D eigenvalue weighted by atomic mass is 16.4. The van der Waals surface area contributed by atoms with Crippen molar-refractivity contribution in [3.63, 3.8) is 0 Å². The summed E-state index contributed by atoms with van der Waals surface area (Å²) in [4.78, 5) is 0. The van der Waals surface area contributed by atoms with Gasteiger partial charge in [-0.25, -0.2) is 0 Å². The van der Waals surface area contributed by atoms with E-state index in [0.29, 0.717) is 29.3 Å². The van der Waals surface area contributed by atoms with E-state index >= 15 is 0 Å². The largest absolute Gasteiger partial charge is 0.457 e. The average Bonchev–Trinajstić information content (AvgIpc) is 3.27. The van der Waals surface area contributed by atoms with Crippen LogP contribution < -0.4 is 0 Å². The predicted octanol–water partition coefficient (Wildman–Crippen LogP) is 3.71. The van der Waals surface area contributed by atoms with Gasteiger partial charge in [-0.1, -0.05) is 30.3 Å². The van der Waals surface area contributed by atoms with E-state index in [-0.39, 0.29) is 6.61 Å². The van der Waals surface area contributed by atoms with E-state index in [0.717, 1.165) is 16.5 Å². The normalized spacial score (nSPS) is 10.9. The first-order chi connectivity index (χ1) is 12.3. The maximum atomic E-state index is 9.23. The summed E-state index contributed by atoms with van der Waals surface area (Å²) >= 11 is 0. The zero-order valence-electron chi connectivity index (χ0n) is 13.4. The third-order valence-corrected chi connectivity index (χ3v) is 4.11. The smallest absolute Gasteiger partial charge is 0.155 e. The van der Waals surface area contributed by atoms with Crippen LogP contribution in [0.5, 0.6) is 0 Å². The Kier molecular flexibility index (Phi) is 3.81. The van der Waals surface area contributed by atoms with E-state index in [4.69, 9.17) is 9.52 Å². The molecule has 0 spiro atoms. The molecule has 1 N–H and O–H groups in total. The quantitative estimate of drug-likeness (QED) is 0.619. The van der Waals surface area contributed by atoms with Crippen LogP contribution in [0.15, 0.2) is 65.1 Å². The molecule has 0 unspecified atom stereocenters. The summed E-state index contributed by atoms with van der Waals surface area (Å²) in [6.07, 6.45) is 0. The molecule has 0 atom stereocenters. The van der Waals surface area contributed by atoms with Crippen LogP contribution in [0.4, 0.5) is 0 Å². The molecule has 0 amide bonds. The molecule has 5 nitrogen and oxygen atoms in total. The van der Waals surface area contributed by atoms with Crippen LogP contribution in [-0.2, 0) is 13.2 Å². The second kappa shape index (κ2) is 6.27. The Labute approximate surface area is 144 Å². The molecule has 2 aromatic carbocycles. The Morgan fingerprint density at radius 2 is 1.92 bits per heavy atom. The lowest BCUT2D eigenvalue weighted by Crippen LogP contribution is -2.01. The van der Waals surface area contributed by atoms with E-state index in [1.807, 2.05) is 47.1 Å². The van der Waals surface area contributed by atoms with Crippen molar-refractivity contribution in [2.75, 3.05) is 0 Å². The second-order valence-corrected chi connectivity index (χ2v) is 5.76. The first kappa shape index (κ1) is 15.2. The van der Waals surface area contributed by atoms with Gasteiger partial charge in [0, 0.05) is 5.39 Å². The minimum absolute atomic E-state index is 0.161. The molecule has 0 aliphatic carbocycles. The van der Waals surface area contributed by atoms with Crippen LogP contribution >= 0.6 is 0 Å². The molecule has 0 aliphatic rings. The van der Waals surface area contributed by atoms with Crippen LogP contribution in [0.2, 0.25) is 0 Å². The summed E-state index contributed by atoms with van der Waals surface area (Å²) in [5, 5.41) is 24.0. The molecule has 0 aliphatic heterocycles. The van der Waals surface area contributed by atoms with Gasteiger partial charge in [0.2, 0.25) is 0 Å². The van der Waals surface area contributed by atoms with Crippen molar-refractivity contribution in [2.24, 2.45) is 0 Å². The summed E-state index contributed by atoms with van der Waals surface area (Å²) in [6.45, 7) is 0.461. The molecular formula is C20H15N3O2. The first-order valence-corrected chi connectivity index (χ1v) is 7.93. The molecule has 4 rings (SSSR count). The topological polar surface area (TPSA) is 75.0 Å². The third kappa shape index (κ3) is 2.80. The molecule has 0 bridgehead atoms. The van der Waals surface area contributed by atoms with Gasteiger partial charge in [-0.15, -0.1) is 0 Å². The molecule has 0 fully saturated rings. The van der Waals surface area contributed by atoms with Gasteiger partial charge < -0.3 is 9.52 Å². The summed E-state index contributed by atoms with van der Waals surface area (Å²) in [7, 11) is 0. The fourth-order valence-electron chi connectivity index (χ4n) is 2.90. The van der Waals surface area contributed by atoms with Gasteiger partial charge >= 0.3 is 0 Å². The molecule has 25 heavy (non-hydrogen) atoms. The van der Waals surface area contributed by atoms with E-state index < -0.39 is 0 Å². The number of aromatic nitrogens is 2. The van der Waals surface area contributed by atoms with Gasteiger partial charge in [0.15, 0.2) is 5.76 Å². The van der Waals surface area contributed by atoms with Gasteiger partial charge in [0.05, 0.1) is 23.7 Å². The highest BCUT2D eigenvalue weighted by Crippen LogP contribution is 2.30. The number of nitriles is 1. The maximum absolute atomic E-state index is 9.23. The van der Waals surface area contributed by atoms with Gasteiger partial charge in [0.25, 0.3) is 0 Å². The standard InChI is InChI=1S/C20H15N3O2/c21-11-15-6-8-18-17(10-15)20(19-9-7-16(13-24)25-19)22-23(18)12-14-4-2-1-3-5-14/h1-10,24H,12-13H2. The van der Waals surface area contributed by atoms with Crippen molar-refractivity contribution in [1.29, 1.82) is 5.26 Å². The van der Waals surface area contributed by atoms with Gasteiger partial charge in [-0.05, 0) is 35.9 Å². The Balaban J connectivity index is 1.88. The summed E-state index contributed by atoms with van der Waals surface area (Å²) in [6, 6.07) is 21.3. The molecule has 5 heteroatoms. The summed E-state index contributed by atoms with van der Waals surface area (Å²) < 4.78 is 7.56. The van der Waals surface area contributed by atoms with Crippen LogP contribution in [0.1, 0.15) is 16.9 Å². The maximum Gasteiger partial charge on any atom is 0.155 e. The number of fused-ring (bicyclic) bond motifs is 1. The van der Waals surface area contributed by atoms with Gasteiger partial charge in [-0.3, -0.25) is 4.68 Å². The summed E-state index contributed by atoms with van der Waals surface area (Å²) in [5.41, 5.74) is 3.31. The van der Waals surface area contributed by atoms with E-state index in [1.54, 1.807) is 18.2 Å². The molecule has 2 aromatic heterocycles. The fraction of sp³-hybridized carbons (Fsp3) is 0.100. The molecule has 0 saturated carbocycles. The van der Waals surface area contributed by atoms with Crippen molar-refractivity contribution in [3.05, 3.63) is 77.6 Å². The minimum Gasteiger partial charge on any atom is -0.457 e. The average molecular weight is 329 g/mol. The van der Waals surface area contributed by atoms with Crippen molar-refractivity contribution >= 4 is 10.9 Å². The Morgan fingerprint density at radius 1 is 1.08 bits per heavy atom. The number of benzene rings is 2. The monoisotopic (exact) mass is 329 g/mol. The van der Waals surface area contributed by atoms with E-state index in [1.165, 1.54) is 0 Å². The molecule has 2 heterocycles. The number of hydrogen-bond acceptors (Lipinski definition) is 4. The van der Waals surface area contributed by atoms with Crippen molar-refractivity contribution in [1.82, 2.24) is 9.78 Å². The highest BCUT2D eigenvalue weighted by molar-refractivity contribution is 5.93. The number of hydrogen-bond donors (Lipinski definition) is 1. The van der Waals surface area contributed by atoms with E-state index in [2.05, 4.69) is 6.07 Å². The molecule has 122 valence electrons. The lowest BCUT2D eigenvalue weighted by molar-refractivity contribution is 0.248. The van der Waals surface area contributed by atoms with E-state index in [9.17, 15) is 10.4 Å². The Bertz CT molecular complexity index is 1070. The number of nitrogens with zero attached hydrogens (tertiary/aromatic N) is 3. The zero-order valence-corrected chi connectivity index (χ0v) is 13.4. The highest BCUT2D eigenvalue weighted by Gasteiger charge is 2.16. The Morgan fingerprint density at radius 3 is 2.64 bits per heavy atom. The first-order valence-electron chi connectivity index (χ1n) is 7.93. The van der Waals surface area contributed by atoms with Crippen LogP contribution in [0.3, 0.4) is 0 Å². The van der Waals surface area contributed by atoms with Gasteiger partial charge in [0.1, 0.15) is 18.1 Å². The molecular weight excluding hydrogens is 314 g/mol. The second-order valence-electron chi connectivity index (χ2n) is 5.76. The van der Waals surface area contributed by atoms with Crippen LogP contribution in [0.25, 0.3) is 22.4 Å². The molecule has 0 saturated heterocycles. The lowest BCUT2D eigenvalue weighted by atomic mass is 10.1. The summed E-state index contributed by atoms with van der Waals surface area (Å²) in [5.74, 6) is 1.06. The fourth-order valence-corrected chi connectivity index (χ4v) is 2.90.